The van der Waals surface area contributed by atoms with Gasteiger partial charge in [0.05, 0.1) is 0 Å². The van der Waals surface area contributed by atoms with Crippen molar-refractivity contribution in [3.8, 4) is 0 Å². The second-order valence-corrected chi connectivity index (χ2v) is 5.69. The molecule has 1 aliphatic rings. The minimum Gasteiger partial charge on any atom is -0.352 e. The van der Waals surface area contributed by atoms with Gasteiger partial charge >= 0.3 is 0 Å². The van der Waals surface area contributed by atoms with E-state index in [9.17, 15) is 4.79 Å². The van der Waals surface area contributed by atoms with Crippen LogP contribution in [-0.4, -0.2) is 25.5 Å². The topological polar surface area (TPSA) is 41.1 Å². The molecule has 1 fully saturated rings. The van der Waals surface area contributed by atoms with Crippen LogP contribution in [0.25, 0.3) is 0 Å². The van der Waals surface area contributed by atoms with E-state index in [4.69, 9.17) is 0 Å². The zero-order valence-electron chi connectivity index (χ0n) is 10.6. The molecular formula is C14H19BrN2O. The molecule has 0 aromatic heterocycles. The van der Waals surface area contributed by atoms with E-state index in [-0.39, 0.29) is 5.91 Å². The van der Waals surface area contributed by atoms with Gasteiger partial charge in [-0.05, 0) is 56.5 Å². The van der Waals surface area contributed by atoms with Crippen LogP contribution in [0, 0.1) is 12.8 Å². The molecule has 0 bridgehead atoms. The van der Waals surface area contributed by atoms with E-state index in [0.29, 0.717) is 5.92 Å². The number of nitrogens with one attached hydrogen (secondary N) is 2. The summed E-state index contributed by atoms with van der Waals surface area (Å²) >= 11 is 3.45. The number of amides is 1. The smallest absolute Gasteiger partial charge is 0.251 e. The SMILES string of the molecule is Cc1c(Br)cccc1C(=O)NC[C@H]1CCCNC1. The van der Waals surface area contributed by atoms with Gasteiger partial charge in [-0.1, -0.05) is 22.0 Å². The molecule has 1 amide bonds. The van der Waals surface area contributed by atoms with E-state index >= 15 is 0 Å². The number of hydrogen-bond acceptors (Lipinski definition) is 2. The van der Waals surface area contributed by atoms with Gasteiger partial charge in [-0.25, -0.2) is 0 Å². The van der Waals surface area contributed by atoms with Crippen LogP contribution in [-0.2, 0) is 0 Å². The number of carbonyl (C=O) groups excluding carboxylic acids is 1. The lowest BCUT2D eigenvalue weighted by molar-refractivity contribution is 0.0944. The lowest BCUT2D eigenvalue weighted by Crippen LogP contribution is -2.38. The van der Waals surface area contributed by atoms with Gasteiger partial charge in [0.25, 0.3) is 5.91 Å². The van der Waals surface area contributed by atoms with Crippen molar-refractivity contribution in [2.75, 3.05) is 19.6 Å². The van der Waals surface area contributed by atoms with E-state index in [2.05, 4.69) is 26.6 Å². The highest BCUT2D eigenvalue weighted by Gasteiger charge is 2.15. The molecule has 0 radical (unpaired) electrons. The van der Waals surface area contributed by atoms with Crippen molar-refractivity contribution in [3.63, 3.8) is 0 Å². The maximum Gasteiger partial charge on any atom is 0.251 e. The van der Waals surface area contributed by atoms with Gasteiger partial charge in [0.15, 0.2) is 0 Å². The Balaban J connectivity index is 1.93. The van der Waals surface area contributed by atoms with E-state index in [1.165, 1.54) is 12.8 Å². The predicted octanol–water partition coefficient (Wildman–Crippen LogP) is 2.49. The van der Waals surface area contributed by atoms with Crippen molar-refractivity contribution < 1.29 is 4.79 Å². The fourth-order valence-corrected chi connectivity index (χ4v) is 2.65. The minimum absolute atomic E-state index is 0.0272. The Labute approximate surface area is 116 Å². The molecule has 1 aromatic carbocycles. The van der Waals surface area contributed by atoms with E-state index < -0.39 is 0 Å². The van der Waals surface area contributed by atoms with E-state index in [1.54, 1.807) is 0 Å². The summed E-state index contributed by atoms with van der Waals surface area (Å²) in [5, 5.41) is 6.40. The van der Waals surface area contributed by atoms with Gasteiger partial charge in [0, 0.05) is 16.6 Å². The van der Waals surface area contributed by atoms with Crippen LogP contribution in [0.3, 0.4) is 0 Å². The fraction of sp³-hybridized carbons (Fsp3) is 0.500. The largest absolute Gasteiger partial charge is 0.352 e. The summed E-state index contributed by atoms with van der Waals surface area (Å²) in [4.78, 5) is 12.1. The number of halogens is 1. The first-order chi connectivity index (χ1) is 8.68. The first-order valence-electron chi connectivity index (χ1n) is 6.42. The number of piperidine rings is 1. The normalized spacial score (nSPS) is 19.6. The van der Waals surface area contributed by atoms with Gasteiger partial charge in [-0.2, -0.15) is 0 Å². The summed E-state index contributed by atoms with van der Waals surface area (Å²) in [5.74, 6) is 0.592. The number of benzene rings is 1. The quantitative estimate of drug-likeness (QED) is 0.900. The Morgan fingerprint density at radius 2 is 2.39 bits per heavy atom. The summed E-state index contributed by atoms with van der Waals surface area (Å²) in [6.07, 6.45) is 2.40. The van der Waals surface area contributed by atoms with Crippen molar-refractivity contribution in [1.82, 2.24) is 10.6 Å². The highest BCUT2D eigenvalue weighted by atomic mass is 79.9. The molecule has 1 aliphatic heterocycles. The monoisotopic (exact) mass is 310 g/mol. The third-order valence-electron chi connectivity index (χ3n) is 3.46. The Morgan fingerprint density at radius 3 is 3.11 bits per heavy atom. The average molecular weight is 311 g/mol. The second kappa shape index (κ2) is 6.34. The van der Waals surface area contributed by atoms with Gasteiger partial charge < -0.3 is 10.6 Å². The van der Waals surface area contributed by atoms with Crippen LogP contribution < -0.4 is 10.6 Å². The van der Waals surface area contributed by atoms with Crippen LogP contribution >= 0.6 is 15.9 Å². The first kappa shape index (κ1) is 13.6. The van der Waals surface area contributed by atoms with Crippen LogP contribution in [0.5, 0.6) is 0 Å². The highest BCUT2D eigenvalue weighted by Crippen LogP contribution is 2.19. The highest BCUT2D eigenvalue weighted by molar-refractivity contribution is 9.10. The molecular weight excluding hydrogens is 292 g/mol. The second-order valence-electron chi connectivity index (χ2n) is 4.83. The van der Waals surface area contributed by atoms with Crippen LogP contribution in [0.4, 0.5) is 0 Å². The molecule has 0 unspecified atom stereocenters. The third-order valence-corrected chi connectivity index (χ3v) is 4.32. The number of carbonyl (C=O) groups is 1. The molecule has 0 saturated carbocycles. The molecule has 2 rings (SSSR count). The fourth-order valence-electron chi connectivity index (χ4n) is 2.28. The van der Waals surface area contributed by atoms with Crippen molar-refractivity contribution in [2.45, 2.75) is 19.8 Å². The minimum atomic E-state index is 0.0272. The predicted molar refractivity (Wildman–Crippen MR) is 76.8 cm³/mol. The molecule has 4 heteroatoms. The van der Waals surface area contributed by atoms with Crippen molar-refractivity contribution >= 4 is 21.8 Å². The Morgan fingerprint density at radius 1 is 1.56 bits per heavy atom. The van der Waals surface area contributed by atoms with Crippen LogP contribution in [0.2, 0.25) is 0 Å². The summed E-state index contributed by atoms with van der Waals surface area (Å²) in [7, 11) is 0. The maximum absolute atomic E-state index is 12.1. The Hall–Kier alpha value is -0.870. The lowest BCUT2D eigenvalue weighted by Gasteiger charge is -2.23. The lowest BCUT2D eigenvalue weighted by atomic mass is 9.99. The van der Waals surface area contributed by atoms with Crippen molar-refractivity contribution in [2.24, 2.45) is 5.92 Å². The molecule has 1 saturated heterocycles. The number of hydrogen-bond donors (Lipinski definition) is 2. The molecule has 98 valence electrons. The van der Waals surface area contributed by atoms with E-state index in [1.807, 2.05) is 25.1 Å². The molecule has 3 nitrogen and oxygen atoms in total. The number of rotatable bonds is 3. The Bertz CT molecular complexity index is 428. The third kappa shape index (κ3) is 3.33. The molecule has 2 N–H and O–H groups in total. The molecule has 1 aromatic rings. The summed E-state index contributed by atoms with van der Waals surface area (Å²) < 4.78 is 0.981. The molecule has 1 atom stereocenters. The van der Waals surface area contributed by atoms with Gasteiger partial charge in [-0.3, -0.25) is 4.79 Å². The van der Waals surface area contributed by atoms with Crippen molar-refractivity contribution in [1.29, 1.82) is 0 Å². The molecule has 0 aliphatic carbocycles. The van der Waals surface area contributed by atoms with Gasteiger partial charge in [0.2, 0.25) is 0 Å². The molecule has 0 spiro atoms. The summed E-state index contributed by atoms with van der Waals surface area (Å²) in [5.41, 5.74) is 1.75. The molecule has 18 heavy (non-hydrogen) atoms. The van der Waals surface area contributed by atoms with Gasteiger partial charge in [0.1, 0.15) is 0 Å². The zero-order valence-corrected chi connectivity index (χ0v) is 12.2. The van der Waals surface area contributed by atoms with Gasteiger partial charge in [-0.15, -0.1) is 0 Å². The van der Waals surface area contributed by atoms with Crippen molar-refractivity contribution in [3.05, 3.63) is 33.8 Å². The standard InChI is InChI=1S/C14H19BrN2O/c1-10-12(5-2-6-13(10)15)14(18)17-9-11-4-3-7-16-8-11/h2,5-6,11,16H,3-4,7-9H2,1H3,(H,17,18)/t11-/m0/s1. The maximum atomic E-state index is 12.1. The van der Waals surface area contributed by atoms with Crippen LogP contribution in [0.1, 0.15) is 28.8 Å². The summed E-state index contributed by atoms with van der Waals surface area (Å²) in [6.45, 7) is 4.84. The first-order valence-corrected chi connectivity index (χ1v) is 7.22. The molecule has 1 heterocycles. The average Bonchev–Trinajstić information content (AvgIpc) is 2.40. The Kier molecular flexibility index (Phi) is 4.78. The van der Waals surface area contributed by atoms with Crippen LogP contribution in [0.15, 0.2) is 22.7 Å². The van der Waals surface area contributed by atoms with E-state index in [0.717, 1.165) is 35.2 Å². The zero-order chi connectivity index (χ0) is 13.0. The summed E-state index contributed by atoms with van der Waals surface area (Å²) in [6, 6.07) is 5.72.